The van der Waals surface area contributed by atoms with Crippen molar-refractivity contribution >= 4 is 52.4 Å². The highest BCUT2D eigenvalue weighted by Gasteiger charge is 2.20. The third kappa shape index (κ3) is 4.06. The fourth-order valence-corrected chi connectivity index (χ4v) is 4.29. The zero-order chi connectivity index (χ0) is 18.8. The van der Waals surface area contributed by atoms with Gasteiger partial charge in [-0.15, -0.1) is 11.3 Å². The van der Waals surface area contributed by atoms with Crippen molar-refractivity contribution in [3.05, 3.63) is 49.9 Å². The Labute approximate surface area is 165 Å². The van der Waals surface area contributed by atoms with Crippen LogP contribution in [0.5, 0.6) is 5.88 Å². The predicted octanol–water partition coefficient (Wildman–Crippen LogP) is 4.69. The van der Waals surface area contributed by atoms with Gasteiger partial charge >= 0.3 is 5.97 Å². The lowest BCUT2D eigenvalue weighted by Gasteiger charge is -2.20. The Bertz CT molecular complexity index is 964. The first-order chi connectivity index (χ1) is 12.3. The number of fused-ring (bicyclic) bond motifs is 1. The molecule has 1 aromatic heterocycles. The zero-order valence-corrected chi connectivity index (χ0v) is 16.4. The van der Waals surface area contributed by atoms with Gasteiger partial charge in [0, 0.05) is 18.5 Å². The minimum Gasteiger partial charge on any atom is -0.493 e. The van der Waals surface area contributed by atoms with Crippen LogP contribution in [0.25, 0.3) is 6.08 Å². The van der Waals surface area contributed by atoms with Crippen molar-refractivity contribution in [3.63, 3.8) is 0 Å². The van der Waals surface area contributed by atoms with Gasteiger partial charge in [0.15, 0.2) is 3.95 Å². The van der Waals surface area contributed by atoms with E-state index in [1.807, 2.05) is 25.2 Å². The molecular formula is C18H17ClN2O3S2. The summed E-state index contributed by atoms with van der Waals surface area (Å²) in [4.78, 5) is 15.7. The molecule has 0 amide bonds. The fraction of sp³-hybridized carbons (Fsp3) is 0.278. The van der Waals surface area contributed by atoms with Gasteiger partial charge in [-0.2, -0.15) is 0 Å². The molecule has 8 heteroatoms. The fourth-order valence-electron chi connectivity index (χ4n) is 2.77. The summed E-state index contributed by atoms with van der Waals surface area (Å²) >= 11 is 12.9. The van der Waals surface area contributed by atoms with Crippen molar-refractivity contribution < 1.29 is 15.0 Å². The lowest BCUT2D eigenvalue weighted by Crippen LogP contribution is -2.14. The largest absolute Gasteiger partial charge is 0.493 e. The Morgan fingerprint density at radius 3 is 3.00 bits per heavy atom. The maximum Gasteiger partial charge on any atom is 0.303 e. The number of halogens is 1. The van der Waals surface area contributed by atoms with Gasteiger partial charge in [0.25, 0.3) is 0 Å². The molecule has 0 bridgehead atoms. The van der Waals surface area contributed by atoms with Gasteiger partial charge in [-0.3, -0.25) is 14.4 Å². The molecule has 0 spiro atoms. The molecule has 1 aliphatic carbocycles. The number of aliphatic imine (C=N–C) groups is 1. The standard InChI is InChI=1S/C18H17ClN2O3S2/c1-10-4-5-13-11(7-10)8-12(16(19)20-13)9-14-17(24)21(18(25)26-14)6-2-3-15(22)23/h4-5,7-9,13,24H,2-3,6H2,1H3,(H,22,23). The Kier molecular flexibility index (Phi) is 5.60. The summed E-state index contributed by atoms with van der Waals surface area (Å²) in [6.45, 7) is 2.37. The van der Waals surface area contributed by atoms with Crippen LogP contribution in [0.15, 0.2) is 46.0 Å². The van der Waals surface area contributed by atoms with Gasteiger partial charge in [-0.25, -0.2) is 0 Å². The highest BCUT2D eigenvalue weighted by Crippen LogP contribution is 2.32. The van der Waals surface area contributed by atoms with E-state index in [0.29, 0.717) is 32.5 Å². The number of hydrogen-bond acceptors (Lipinski definition) is 5. The number of carbonyl (C=O) groups is 1. The van der Waals surface area contributed by atoms with E-state index in [1.165, 1.54) is 11.3 Å². The number of aromatic nitrogens is 1. The maximum atomic E-state index is 10.7. The average molecular weight is 409 g/mol. The number of hydrogen-bond donors (Lipinski definition) is 2. The summed E-state index contributed by atoms with van der Waals surface area (Å²) in [5.74, 6) is -0.844. The number of dihydropyridines is 1. The van der Waals surface area contributed by atoms with Crippen LogP contribution in [0.3, 0.4) is 0 Å². The first-order valence-corrected chi connectivity index (χ1v) is 9.63. The number of carboxylic acid groups (broad SMARTS) is 1. The Morgan fingerprint density at radius 1 is 1.50 bits per heavy atom. The molecule has 0 saturated carbocycles. The van der Waals surface area contributed by atoms with Crippen molar-refractivity contribution in [1.82, 2.24) is 4.57 Å². The second-order valence-electron chi connectivity index (χ2n) is 6.06. The summed E-state index contributed by atoms with van der Waals surface area (Å²) in [6.07, 6.45) is 10.2. The molecule has 0 radical (unpaired) electrons. The first-order valence-electron chi connectivity index (χ1n) is 8.03. The van der Waals surface area contributed by atoms with Crippen molar-refractivity contribution in [3.8, 4) is 5.88 Å². The second kappa shape index (κ2) is 7.73. The molecule has 3 rings (SSSR count). The number of rotatable bonds is 5. The molecule has 1 aromatic rings. The molecule has 5 nitrogen and oxygen atoms in total. The highest BCUT2D eigenvalue weighted by molar-refractivity contribution is 7.73. The molecule has 136 valence electrons. The van der Waals surface area contributed by atoms with Crippen molar-refractivity contribution in [1.29, 1.82) is 0 Å². The Balaban J connectivity index is 1.89. The first kappa shape index (κ1) is 18.8. The van der Waals surface area contributed by atoms with Gasteiger partial charge in [0.1, 0.15) is 5.17 Å². The third-order valence-corrected chi connectivity index (χ3v) is 5.74. The van der Waals surface area contributed by atoms with E-state index in [-0.39, 0.29) is 18.3 Å². The number of carboxylic acids is 1. The summed E-state index contributed by atoms with van der Waals surface area (Å²) in [7, 11) is 0. The topological polar surface area (TPSA) is 74.8 Å². The lowest BCUT2D eigenvalue weighted by atomic mass is 9.94. The van der Waals surface area contributed by atoms with Crippen molar-refractivity contribution in [2.75, 3.05) is 0 Å². The van der Waals surface area contributed by atoms with Crippen LogP contribution < -0.4 is 0 Å². The number of aromatic hydroxyl groups is 1. The van der Waals surface area contributed by atoms with Gasteiger partial charge in [-0.05, 0) is 43.3 Å². The van der Waals surface area contributed by atoms with Crippen molar-refractivity contribution in [2.24, 2.45) is 4.99 Å². The van der Waals surface area contributed by atoms with E-state index in [1.54, 1.807) is 10.6 Å². The highest BCUT2D eigenvalue weighted by atomic mass is 35.5. The smallest absolute Gasteiger partial charge is 0.303 e. The number of nitrogens with zero attached hydrogens (tertiary/aromatic N) is 2. The van der Waals surface area contributed by atoms with Crippen LogP contribution in [-0.4, -0.2) is 32.0 Å². The quantitative estimate of drug-likeness (QED) is 0.693. The maximum absolute atomic E-state index is 10.7. The van der Waals surface area contributed by atoms with E-state index in [4.69, 9.17) is 28.9 Å². The van der Waals surface area contributed by atoms with E-state index >= 15 is 0 Å². The predicted molar refractivity (Wildman–Crippen MR) is 108 cm³/mol. The minimum absolute atomic E-state index is 0.0261. The van der Waals surface area contributed by atoms with Crippen molar-refractivity contribution in [2.45, 2.75) is 32.4 Å². The van der Waals surface area contributed by atoms with Gasteiger partial charge in [-0.1, -0.05) is 35.4 Å². The van der Waals surface area contributed by atoms with Gasteiger partial charge in [0.2, 0.25) is 5.88 Å². The molecule has 1 atom stereocenters. The number of thiazole rings is 1. The van der Waals surface area contributed by atoms with Crippen LogP contribution in [0.4, 0.5) is 0 Å². The molecule has 1 unspecified atom stereocenters. The molecule has 2 N–H and O–H groups in total. The monoisotopic (exact) mass is 408 g/mol. The number of aliphatic carboxylic acids is 1. The van der Waals surface area contributed by atoms with E-state index < -0.39 is 5.97 Å². The summed E-state index contributed by atoms with van der Waals surface area (Å²) in [6, 6.07) is -0.0734. The Hall–Kier alpha value is -1.96. The molecule has 1 aliphatic heterocycles. The summed E-state index contributed by atoms with van der Waals surface area (Å²) < 4.78 is 2.04. The molecule has 0 saturated heterocycles. The SMILES string of the molecule is CC1=CC2=CC(=Cc3sc(=S)n(CCCC(=O)O)c3O)C(Cl)=NC2C=C1. The molecule has 26 heavy (non-hydrogen) atoms. The minimum atomic E-state index is -0.871. The van der Waals surface area contributed by atoms with Crippen LogP contribution in [-0.2, 0) is 11.3 Å². The zero-order valence-electron chi connectivity index (χ0n) is 14.0. The molecule has 2 heterocycles. The molecule has 2 aliphatic rings. The summed E-state index contributed by atoms with van der Waals surface area (Å²) in [5.41, 5.74) is 2.90. The molecule has 0 fully saturated rings. The van der Waals surface area contributed by atoms with Crippen LogP contribution >= 0.6 is 35.2 Å². The molecule has 0 aromatic carbocycles. The number of allylic oxidation sites excluding steroid dienone is 4. The normalized spacial score (nSPS) is 20.5. The van der Waals surface area contributed by atoms with Crippen LogP contribution in [0.1, 0.15) is 24.6 Å². The lowest BCUT2D eigenvalue weighted by molar-refractivity contribution is -0.137. The van der Waals surface area contributed by atoms with Crippen LogP contribution in [0.2, 0.25) is 0 Å². The molecular weight excluding hydrogens is 392 g/mol. The van der Waals surface area contributed by atoms with E-state index in [9.17, 15) is 9.90 Å². The van der Waals surface area contributed by atoms with Gasteiger partial charge < -0.3 is 10.2 Å². The summed E-state index contributed by atoms with van der Waals surface area (Å²) in [5, 5.41) is 19.6. The average Bonchev–Trinajstić information content (AvgIpc) is 2.83. The van der Waals surface area contributed by atoms with E-state index in [2.05, 4.69) is 11.1 Å². The third-order valence-electron chi connectivity index (χ3n) is 4.04. The van der Waals surface area contributed by atoms with E-state index in [0.717, 1.165) is 11.1 Å². The Morgan fingerprint density at radius 2 is 2.27 bits per heavy atom. The van der Waals surface area contributed by atoms with Crippen LogP contribution in [0, 0.1) is 3.95 Å². The van der Waals surface area contributed by atoms with Gasteiger partial charge in [0.05, 0.1) is 10.9 Å². The second-order valence-corrected chi connectivity index (χ2v) is 8.09.